The molecule has 0 aliphatic carbocycles. The Kier molecular flexibility index (Phi) is 3.79. The van der Waals surface area contributed by atoms with Crippen LogP contribution in [0.2, 0.25) is 0 Å². The lowest BCUT2D eigenvalue weighted by molar-refractivity contribution is -0.141. The molecular formula is C10H12N2O2. The summed E-state index contributed by atoms with van der Waals surface area (Å²) in [6.45, 7) is 2.09. The minimum atomic E-state index is -0.374. The van der Waals surface area contributed by atoms with E-state index in [4.69, 9.17) is 10.1 Å². The van der Waals surface area contributed by atoms with Crippen LogP contribution in [0.4, 0.5) is 0 Å². The zero-order valence-corrected chi connectivity index (χ0v) is 7.99. The molecular weight excluding hydrogens is 180 g/mol. The molecule has 0 bridgehead atoms. The minimum Gasteiger partial charge on any atom is -0.466 e. The third kappa shape index (κ3) is 2.97. The molecule has 1 rings (SSSR count). The zero-order valence-electron chi connectivity index (χ0n) is 7.99. The van der Waals surface area contributed by atoms with E-state index in [1.807, 2.05) is 0 Å². The van der Waals surface area contributed by atoms with Crippen molar-refractivity contribution in [2.45, 2.75) is 13.3 Å². The van der Waals surface area contributed by atoms with Crippen LogP contribution in [0.5, 0.6) is 0 Å². The summed E-state index contributed by atoms with van der Waals surface area (Å²) >= 11 is 0. The summed E-state index contributed by atoms with van der Waals surface area (Å²) in [4.78, 5) is 14.9. The standard InChI is InChI=1S/C10H12N2O2/c1-2-14-10(13)6-9(11)8-4-3-5-12-7-8/h3-5,7,11H,2,6H2,1H3. The predicted molar refractivity (Wildman–Crippen MR) is 52.3 cm³/mol. The van der Waals surface area contributed by atoms with Crippen molar-refractivity contribution in [3.8, 4) is 0 Å². The maximum atomic E-state index is 11.0. The van der Waals surface area contributed by atoms with Crippen LogP contribution in [0.3, 0.4) is 0 Å². The molecule has 0 radical (unpaired) electrons. The number of hydrogen-bond donors (Lipinski definition) is 1. The highest BCUT2D eigenvalue weighted by Crippen LogP contribution is 2.01. The summed E-state index contributed by atoms with van der Waals surface area (Å²) in [6.07, 6.45) is 3.18. The van der Waals surface area contributed by atoms with Crippen molar-refractivity contribution >= 4 is 11.7 Å². The Morgan fingerprint density at radius 1 is 1.64 bits per heavy atom. The summed E-state index contributed by atoms with van der Waals surface area (Å²) in [5, 5.41) is 7.60. The first-order valence-electron chi connectivity index (χ1n) is 4.37. The minimum absolute atomic E-state index is 0.000463. The molecule has 4 nitrogen and oxygen atoms in total. The average molecular weight is 192 g/mol. The first kappa shape index (κ1) is 10.4. The lowest BCUT2D eigenvalue weighted by Crippen LogP contribution is -2.11. The molecule has 74 valence electrons. The first-order valence-corrected chi connectivity index (χ1v) is 4.37. The number of carbonyl (C=O) groups is 1. The number of pyridine rings is 1. The van der Waals surface area contributed by atoms with Crippen LogP contribution in [0.1, 0.15) is 18.9 Å². The van der Waals surface area contributed by atoms with Gasteiger partial charge in [0.2, 0.25) is 0 Å². The normalized spacial score (nSPS) is 9.50. The Bertz CT molecular complexity index is 322. The van der Waals surface area contributed by atoms with Gasteiger partial charge in [-0.15, -0.1) is 0 Å². The molecule has 1 aromatic heterocycles. The molecule has 1 N–H and O–H groups in total. The number of rotatable bonds is 4. The monoisotopic (exact) mass is 192 g/mol. The molecule has 0 saturated heterocycles. The van der Waals surface area contributed by atoms with Crippen LogP contribution in [-0.4, -0.2) is 23.3 Å². The van der Waals surface area contributed by atoms with Crippen LogP contribution in [0.15, 0.2) is 24.5 Å². The molecule has 0 aliphatic rings. The Labute approximate surface area is 82.4 Å². The number of aromatic nitrogens is 1. The highest BCUT2D eigenvalue weighted by Gasteiger charge is 2.08. The lowest BCUT2D eigenvalue weighted by atomic mass is 10.1. The van der Waals surface area contributed by atoms with E-state index in [9.17, 15) is 4.79 Å². The number of carbonyl (C=O) groups excluding carboxylic acids is 1. The predicted octanol–water partition coefficient (Wildman–Crippen LogP) is 1.40. The van der Waals surface area contributed by atoms with E-state index in [2.05, 4.69) is 4.98 Å². The van der Waals surface area contributed by atoms with E-state index >= 15 is 0 Å². The number of nitrogens with zero attached hydrogens (tertiary/aromatic N) is 1. The van der Waals surface area contributed by atoms with Gasteiger partial charge in [0.1, 0.15) is 0 Å². The van der Waals surface area contributed by atoms with E-state index in [1.54, 1.807) is 31.5 Å². The van der Waals surface area contributed by atoms with Crippen LogP contribution in [0.25, 0.3) is 0 Å². The van der Waals surface area contributed by atoms with Gasteiger partial charge in [-0.2, -0.15) is 0 Å². The molecule has 4 heteroatoms. The molecule has 0 aliphatic heterocycles. The number of hydrogen-bond acceptors (Lipinski definition) is 4. The molecule has 0 atom stereocenters. The van der Waals surface area contributed by atoms with Crippen LogP contribution < -0.4 is 0 Å². The summed E-state index contributed by atoms with van der Waals surface area (Å²) in [5.74, 6) is -0.374. The van der Waals surface area contributed by atoms with Crippen LogP contribution >= 0.6 is 0 Å². The topological polar surface area (TPSA) is 63.0 Å². The number of nitrogens with one attached hydrogen (secondary N) is 1. The van der Waals surface area contributed by atoms with E-state index in [-0.39, 0.29) is 18.1 Å². The van der Waals surface area contributed by atoms with E-state index < -0.39 is 0 Å². The number of esters is 1. The Morgan fingerprint density at radius 3 is 3.00 bits per heavy atom. The summed E-state index contributed by atoms with van der Waals surface area (Å²) in [7, 11) is 0. The second-order valence-corrected chi connectivity index (χ2v) is 2.70. The molecule has 0 amide bonds. The fraction of sp³-hybridized carbons (Fsp3) is 0.300. The van der Waals surface area contributed by atoms with E-state index in [0.29, 0.717) is 12.2 Å². The van der Waals surface area contributed by atoms with Crippen molar-refractivity contribution in [2.24, 2.45) is 0 Å². The Balaban J connectivity index is 2.55. The fourth-order valence-electron chi connectivity index (χ4n) is 1.000. The van der Waals surface area contributed by atoms with Gasteiger partial charge in [-0.25, -0.2) is 0 Å². The highest BCUT2D eigenvalue weighted by atomic mass is 16.5. The molecule has 0 aromatic carbocycles. The second kappa shape index (κ2) is 5.11. The van der Waals surface area contributed by atoms with Gasteiger partial charge in [-0.05, 0) is 13.0 Å². The zero-order chi connectivity index (χ0) is 10.4. The summed E-state index contributed by atoms with van der Waals surface area (Å²) in [6, 6.07) is 3.48. The first-order chi connectivity index (χ1) is 6.74. The maximum Gasteiger partial charge on any atom is 0.311 e. The van der Waals surface area contributed by atoms with Crippen LogP contribution in [-0.2, 0) is 9.53 Å². The molecule has 1 aromatic rings. The van der Waals surface area contributed by atoms with Gasteiger partial charge >= 0.3 is 5.97 Å². The SMILES string of the molecule is CCOC(=O)CC(=N)c1cccnc1. The third-order valence-corrected chi connectivity index (χ3v) is 1.64. The summed E-state index contributed by atoms with van der Waals surface area (Å²) in [5.41, 5.74) is 0.886. The third-order valence-electron chi connectivity index (χ3n) is 1.64. The van der Waals surface area contributed by atoms with Crippen molar-refractivity contribution in [1.82, 2.24) is 4.98 Å². The lowest BCUT2D eigenvalue weighted by Gasteiger charge is -2.02. The fourth-order valence-corrected chi connectivity index (χ4v) is 1.000. The van der Waals surface area contributed by atoms with Crippen molar-refractivity contribution < 1.29 is 9.53 Å². The van der Waals surface area contributed by atoms with Crippen molar-refractivity contribution in [3.63, 3.8) is 0 Å². The van der Waals surface area contributed by atoms with Gasteiger partial charge in [-0.3, -0.25) is 9.78 Å². The van der Waals surface area contributed by atoms with Gasteiger partial charge in [-0.1, -0.05) is 6.07 Å². The molecule has 0 fully saturated rings. The van der Waals surface area contributed by atoms with Crippen molar-refractivity contribution in [3.05, 3.63) is 30.1 Å². The number of ether oxygens (including phenoxy) is 1. The van der Waals surface area contributed by atoms with E-state index in [0.717, 1.165) is 0 Å². The molecule has 0 spiro atoms. The van der Waals surface area contributed by atoms with Gasteiger partial charge in [0, 0.05) is 18.0 Å². The van der Waals surface area contributed by atoms with Gasteiger partial charge in [0.25, 0.3) is 0 Å². The molecule has 0 unspecified atom stereocenters. The van der Waals surface area contributed by atoms with Gasteiger partial charge in [0.05, 0.1) is 18.7 Å². The van der Waals surface area contributed by atoms with Gasteiger partial charge in [0.15, 0.2) is 0 Å². The van der Waals surface area contributed by atoms with Crippen LogP contribution in [0, 0.1) is 5.41 Å². The maximum absolute atomic E-state index is 11.0. The Hall–Kier alpha value is -1.71. The second-order valence-electron chi connectivity index (χ2n) is 2.70. The largest absolute Gasteiger partial charge is 0.466 e. The smallest absolute Gasteiger partial charge is 0.311 e. The molecule has 1 heterocycles. The molecule has 0 saturated carbocycles. The van der Waals surface area contributed by atoms with Crippen molar-refractivity contribution in [2.75, 3.05) is 6.61 Å². The van der Waals surface area contributed by atoms with Gasteiger partial charge < -0.3 is 10.1 Å². The summed E-state index contributed by atoms with van der Waals surface area (Å²) < 4.78 is 4.73. The Morgan fingerprint density at radius 2 is 2.43 bits per heavy atom. The molecule has 14 heavy (non-hydrogen) atoms. The highest BCUT2D eigenvalue weighted by molar-refractivity contribution is 6.07. The van der Waals surface area contributed by atoms with Crippen molar-refractivity contribution in [1.29, 1.82) is 5.41 Å². The average Bonchev–Trinajstić information content (AvgIpc) is 2.19. The quantitative estimate of drug-likeness (QED) is 0.579. The van der Waals surface area contributed by atoms with E-state index in [1.165, 1.54) is 0 Å².